The summed E-state index contributed by atoms with van der Waals surface area (Å²) >= 11 is 0. The average Bonchev–Trinajstić information content (AvgIpc) is 2.65. The first-order valence-corrected chi connectivity index (χ1v) is 5.32. The van der Waals surface area contributed by atoms with Crippen molar-refractivity contribution in [2.45, 2.75) is 18.5 Å². The molecule has 0 bridgehead atoms. The van der Waals surface area contributed by atoms with Crippen LogP contribution in [0.1, 0.15) is 22.3 Å². The summed E-state index contributed by atoms with van der Waals surface area (Å²) in [5, 5.41) is 11.9. The van der Waals surface area contributed by atoms with E-state index in [4.69, 9.17) is 5.11 Å². The second kappa shape index (κ2) is 4.22. The summed E-state index contributed by atoms with van der Waals surface area (Å²) in [5.74, 6) is -0.995. The number of rotatable bonds is 3. The molecular weight excluding hydrogens is 209 g/mol. The van der Waals surface area contributed by atoms with E-state index in [0.717, 1.165) is 0 Å². The maximum Gasteiger partial charge on any atom is 0.335 e. The predicted molar refractivity (Wildman–Crippen MR) is 58.4 cm³/mol. The Balaban J connectivity index is 2.23. The second-order valence-corrected chi connectivity index (χ2v) is 4.22. The zero-order chi connectivity index (χ0) is 11.6. The lowest BCUT2D eigenvalue weighted by Gasteiger charge is -2.19. The van der Waals surface area contributed by atoms with E-state index in [1.54, 1.807) is 18.2 Å². The molecule has 4 heteroatoms. The number of carbonyl (C=O) groups is 1. The smallest absolute Gasteiger partial charge is 0.335 e. The normalized spacial score (nSPS) is 24.6. The molecule has 0 spiro atoms. The van der Waals surface area contributed by atoms with Gasteiger partial charge in [-0.05, 0) is 24.6 Å². The molecule has 1 heterocycles. The van der Waals surface area contributed by atoms with E-state index >= 15 is 0 Å². The van der Waals surface area contributed by atoms with Gasteiger partial charge >= 0.3 is 5.97 Å². The molecule has 3 nitrogen and oxygen atoms in total. The quantitative estimate of drug-likeness (QED) is 0.818. The van der Waals surface area contributed by atoms with Gasteiger partial charge in [0.05, 0.1) is 5.56 Å². The molecule has 0 aliphatic carbocycles. The lowest BCUT2D eigenvalue weighted by Crippen LogP contribution is -2.29. The van der Waals surface area contributed by atoms with E-state index in [1.807, 2.05) is 0 Å². The molecule has 1 fully saturated rings. The lowest BCUT2D eigenvalue weighted by molar-refractivity contribution is 0.0694. The molecule has 1 unspecified atom stereocenters. The Labute approximate surface area is 93.3 Å². The molecule has 0 radical (unpaired) electrons. The molecule has 2 rings (SSSR count). The van der Waals surface area contributed by atoms with Crippen LogP contribution in [0.3, 0.4) is 0 Å². The largest absolute Gasteiger partial charge is 0.478 e. The fourth-order valence-corrected chi connectivity index (χ4v) is 2.09. The van der Waals surface area contributed by atoms with Crippen molar-refractivity contribution in [1.29, 1.82) is 0 Å². The van der Waals surface area contributed by atoms with E-state index in [1.165, 1.54) is 6.07 Å². The SMILES string of the molecule is O=C(O)c1ccccc1CC1(F)CCNC1. The predicted octanol–water partition coefficient (Wildman–Crippen LogP) is 1.63. The maximum absolute atomic E-state index is 14.2. The standard InChI is InChI=1S/C12H14FNO2/c13-12(5-6-14-8-12)7-9-3-1-2-4-10(9)11(15)16/h1-4,14H,5-8H2,(H,15,16). The minimum atomic E-state index is -1.30. The Bertz CT molecular complexity index is 400. The Hall–Kier alpha value is -1.42. The first-order chi connectivity index (χ1) is 7.61. The molecule has 0 amide bonds. The van der Waals surface area contributed by atoms with Crippen molar-refractivity contribution in [3.8, 4) is 0 Å². The number of hydrogen-bond donors (Lipinski definition) is 2. The highest BCUT2D eigenvalue weighted by molar-refractivity contribution is 5.89. The van der Waals surface area contributed by atoms with E-state index in [-0.39, 0.29) is 12.0 Å². The minimum absolute atomic E-state index is 0.169. The van der Waals surface area contributed by atoms with Gasteiger partial charge in [0.1, 0.15) is 5.67 Å². The summed E-state index contributed by atoms with van der Waals surface area (Å²) in [5.41, 5.74) is -0.529. The van der Waals surface area contributed by atoms with Crippen LogP contribution in [0.2, 0.25) is 0 Å². The highest BCUT2D eigenvalue weighted by Gasteiger charge is 2.34. The monoisotopic (exact) mass is 223 g/mol. The number of benzene rings is 1. The molecule has 1 aromatic rings. The van der Waals surface area contributed by atoms with Crippen LogP contribution in [0, 0.1) is 0 Å². The van der Waals surface area contributed by atoms with Crippen molar-refractivity contribution >= 4 is 5.97 Å². The van der Waals surface area contributed by atoms with E-state index in [9.17, 15) is 9.18 Å². The van der Waals surface area contributed by atoms with Crippen LogP contribution in [0.25, 0.3) is 0 Å². The van der Waals surface area contributed by atoms with Gasteiger partial charge < -0.3 is 10.4 Å². The van der Waals surface area contributed by atoms with Crippen molar-refractivity contribution in [3.63, 3.8) is 0 Å². The van der Waals surface area contributed by atoms with Gasteiger partial charge in [0.25, 0.3) is 0 Å². The summed E-state index contributed by atoms with van der Waals surface area (Å²) in [6, 6.07) is 6.60. The van der Waals surface area contributed by atoms with Gasteiger partial charge in [-0.25, -0.2) is 9.18 Å². The molecule has 1 atom stereocenters. The van der Waals surface area contributed by atoms with Crippen LogP contribution in [0.15, 0.2) is 24.3 Å². The first-order valence-electron chi connectivity index (χ1n) is 5.32. The van der Waals surface area contributed by atoms with Gasteiger partial charge in [-0.15, -0.1) is 0 Å². The summed E-state index contributed by atoms with van der Waals surface area (Å²) in [6.45, 7) is 0.965. The number of aromatic carboxylic acids is 1. The van der Waals surface area contributed by atoms with E-state index < -0.39 is 11.6 Å². The van der Waals surface area contributed by atoms with Crippen molar-refractivity contribution in [2.24, 2.45) is 0 Å². The average molecular weight is 223 g/mol. The molecule has 1 aromatic carbocycles. The topological polar surface area (TPSA) is 49.3 Å². The number of nitrogens with one attached hydrogen (secondary N) is 1. The summed E-state index contributed by atoms with van der Waals surface area (Å²) in [7, 11) is 0. The third-order valence-corrected chi connectivity index (χ3v) is 2.95. The summed E-state index contributed by atoms with van der Waals surface area (Å²) in [6.07, 6.45) is 0.615. The Morgan fingerprint density at radius 1 is 1.50 bits per heavy atom. The molecular formula is C12H14FNO2. The summed E-state index contributed by atoms with van der Waals surface area (Å²) in [4.78, 5) is 11.0. The first kappa shape index (κ1) is 11.1. The third-order valence-electron chi connectivity index (χ3n) is 2.95. The number of carboxylic acids is 1. The zero-order valence-corrected chi connectivity index (χ0v) is 8.87. The highest BCUT2D eigenvalue weighted by atomic mass is 19.1. The van der Waals surface area contributed by atoms with Crippen LogP contribution in [0.5, 0.6) is 0 Å². The Kier molecular flexibility index (Phi) is 2.92. The van der Waals surface area contributed by atoms with Crippen molar-refractivity contribution in [2.75, 3.05) is 13.1 Å². The highest BCUT2D eigenvalue weighted by Crippen LogP contribution is 2.26. The van der Waals surface area contributed by atoms with Crippen LogP contribution in [0.4, 0.5) is 4.39 Å². The Morgan fingerprint density at radius 3 is 2.88 bits per heavy atom. The number of halogens is 1. The second-order valence-electron chi connectivity index (χ2n) is 4.22. The number of carboxylic acid groups (broad SMARTS) is 1. The minimum Gasteiger partial charge on any atom is -0.478 e. The van der Waals surface area contributed by atoms with Crippen LogP contribution in [-0.2, 0) is 6.42 Å². The fraction of sp³-hybridized carbons (Fsp3) is 0.417. The molecule has 1 aliphatic heterocycles. The van der Waals surface area contributed by atoms with Crippen molar-refractivity contribution in [1.82, 2.24) is 5.32 Å². The molecule has 16 heavy (non-hydrogen) atoms. The summed E-state index contributed by atoms with van der Waals surface area (Å²) < 4.78 is 14.2. The Morgan fingerprint density at radius 2 is 2.25 bits per heavy atom. The molecule has 1 saturated heterocycles. The van der Waals surface area contributed by atoms with Crippen molar-refractivity contribution < 1.29 is 14.3 Å². The van der Waals surface area contributed by atoms with Crippen LogP contribution >= 0.6 is 0 Å². The molecule has 2 N–H and O–H groups in total. The molecule has 86 valence electrons. The van der Waals surface area contributed by atoms with Crippen LogP contribution in [-0.4, -0.2) is 29.8 Å². The molecule has 0 aromatic heterocycles. The molecule has 0 saturated carbocycles. The van der Waals surface area contributed by atoms with Crippen molar-refractivity contribution in [3.05, 3.63) is 35.4 Å². The third kappa shape index (κ3) is 2.22. The lowest BCUT2D eigenvalue weighted by atomic mass is 9.92. The van der Waals surface area contributed by atoms with Gasteiger partial charge in [0.15, 0.2) is 0 Å². The van der Waals surface area contributed by atoms with Gasteiger partial charge in [-0.3, -0.25) is 0 Å². The van der Waals surface area contributed by atoms with Gasteiger partial charge in [0.2, 0.25) is 0 Å². The van der Waals surface area contributed by atoms with Gasteiger partial charge in [0, 0.05) is 13.0 Å². The van der Waals surface area contributed by atoms with E-state index in [0.29, 0.717) is 25.1 Å². The van der Waals surface area contributed by atoms with Gasteiger partial charge in [-0.1, -0.05) is 18.2 Å². The van der Waals surface area contributed by atoms with E-state index in [2.05, 4.69) is 5.32 Å². The van der Waals surface area contributed by atoms with Crippen LogP contribution < -0.4 is 5.32 Å². The fourth-order valence-electron chi connectivity index (χ4n) is 2.09. The van der Waals surface area contributed by atoms with Gasteiger partial charge in [-0.2, -0.15) is 0 Å². The number of hydrogen-bond acceptors (Lipinski definition) is 2. The molecule has 1 aliphatic rings. The maximum atomic E-state index is 14.2. The zero-order valence-electron chi connectivity index (χ0n) is 8.87. The number of alkyl halides is 1.